The summed E-state index contributed by atoms with van der Waals surface area (Å²) in [7, 11) is 0. The zero-order valence-electron chi connectivity index (χ0n) is 14.8. The Labute approximate surface area is 173 Å². The fourth-order valence-corrected chi connectivity index (χ4v) is 1.61. The van der Waals surface area contributed by atoms with Crippen molar-refractivity contribution in [1.29, 1.82) is 0 Å². The summed E-state index contributed by atoms with van der Waals surface area (Å²) in [5.41, 5.74) is 6.69. The number of ether oxygens (including phenoxy) is 1. The maximum Gasteiger partial charge on any atom is -0.0809 e. The van der Waals surface area contributed by atoms with Gasteiger partial charge in [0.05, 0.1) is 0 Å². The van der Waals surface area contributed by atoms with Crippen molar-refractivity contribution in [1.82, 2.24) is 0 Å². The number of fused-ring (bicyclic) bond motifs is 1. The van der Waals surface area contributed by atoms with E-state index in [1.54, 1.807) is 0 Å². The first kappa shape index (κ1) is 28.8. The van der Waals surface area contributed by atoms with Crippen molar-refractivity contribution in [2.45, 2.75) is 39.7 Å². The predicted octanol–water partition coefficient (Wildman–Crippen LogP) is -1.51. The van der Waals surface area contributed by atoms with Crippen molar-refractivity contribution >= 4 is 14.2 Å². The Morgan fingerprint density at radius 3 is 2.21 bits per heavy atom. The third kappa shape index (κ3) is 20.1. The molecule has 6 heteroatoms. The molecular weight excluding hydrogens is 424 g/mol. The molecular formula is C18H27Cl2NO2Zr-2. The molecule has 2 aromatic carbocycles. The summed E-state index contributed by atoms with van der Waals surface area (Å²) in [6.07, 6.45) is 0.742. The first-order valence-corrected chi connectivity index (χ1v) is 8.61. The minimum Gasteiger partial charge on any atom is -1.00 e. The number of aliphatic hydroxyl groups is 1. The van der Waals surface area contributed by atoms with Crippen LogP contribution in [0.25, 0.3) is 16.5 Å². The maximum absolute atomic E-state index is 8.30. The number of rotatable bonds is 4. The van der Waals surface area contributed by atoms with Gasteiger partial charge in [-0.1, -0.05) is 26.8 Å². The van der Waals surface area contributed by atoms with Crippen molar-refractivity contribution in [3.05, 3.63) is 48.2 Å². The molecule has 0 spiro atoms. The molecule has 0 aliphatic heterocycles. The van der Waals surface area contributed by atoms with Crippen LogP contribution in [0.2, 0.25) is 0 Å². The van der Waals surface area contributed by atoms with Gasteiger partial charge in [-0.05, 0) is 0 Å². The van der Waals surface area contributed by atoms with Crippen LogP contribution in [0, 0.1) is 0 Å². The van der Waals surface area contributed by atoms with E-state index in [0.29, 0.717) is 6.61 Å². The summed E-state index contributed by atoms with van der Waals surface area (Å²) in [6, 6.07) is 14.7. The molecule has 0 amide bonds. The second kappa shape index (κ2) is 16.5. The van der Waals surface area contributed by atoms with Crippen LogP contribution in [0.5, 0.6) is 0 Å². The second-order valence-corrected chi connectivity index (χ2v) is 7.62. The van der Waals surface area contributed by atoms with Gasteiger partial charge >= 0.3 is 64.0 Å². The molecule has 136 valence electrons. The first-order valence-electron chi connectivity index (χ1n) is 7.38. The molecule has 0 saturated carbocycles. The molecule has 2 N–H and O–H groups in total. The Kier molecular flexibility index (Phi) is 19.8. The van der Waals surface area contributed by atoms with Crippen LogP contribution in [0.1, 0.15) is 34.1 Å². The molecule has 0 heterocycles. The maximum atomic E-state index is 8.30. The Morgan fingerprint density at radius 1 is 1.21 bits per heavy atom. The van der Waals surface area contributed by atoms with E-state index in [0.717, 1.165) is 9.81 Å². The van der Waals surface area contributed by atoms with Crippen molar-refractivity contribution in [2.75, 3.05) is 13.2 Å². The summed E-state index contributed by atoms with van der Waals surface area (Å²) >= 11 is 1.32. The van der Waals surface area contributed by atoms with Gasteiger partial charge in [0, 0.05) is 0 Å². The number of halogens is 2. The fraction of sp³-hybridized carbons (Fsp3) is 0.444. The van der Waals surface area contributed by atoms with Gasteiger partial charge in [-0.2, -0.15) is 17.5 Å². The number of aliphatic hydroxyl groups excluding tert-OH is 1. The van der Waals surface area contributed by atoms with Gasteiger partial charge in [0.1, 0.15) is 0 Å². The van der Waals surface area contributed by atoms with E-state index in [4.69, 9.17) is 15.6 Å². The van der Waals surface area contributed by atoms with Crippen LogP contribution in [0.4, 0.5) is 0 Å². The number of hydrogen-bond acceptors (Lipinski definition) is 2. The van der Waals surface area contributed by atoms with Crippen LogP contribution in [-0.4, -0.2) is 27.3 Å². The van der Waals surface area contributed by atoms with Crippen LogP contribution >= 0.6 is 0 Å². The summed E-state index contributed by atoms with van der Waals surface area (Å²) in [5.74, 6) is 0. The van der Waals surface area contributed by atoms with E-state index in [2.05, 4.69) is 42.5 Å². The molecule has 2 rings (SSSR count). The van der Waals surface area contributed by atoms with Gasteiger partial charge < -0.3 is 30.5 Å². The predicted molar refractivity (Wildman–Crippen MR) is 92.0 cm³/mol. The largest absolute Gasteiger partial charge is 1.00 e. The molecule has 0 radical (unpaired) electrons. The van der Waals surface area contributed by atoms with E-state index in [9.17, 15) is 0 Å². The van der Waals surface area contributed by atoms with E-state index in [-0.39, 0.29) is 37.0 Å². The Morgan fingerprint density at radius 2 is 1.75 bits per heavy atom. The standard InChI is InChI=1S/C9H7.C5H10O2.C4H10N.2ClH.Zr/c1-2-5-9-7-3-6-8(9)4-1;1-2-7-5-3-4-6;1-4(2,3)5;;;/h1-7H;6H,3-5H2,1H3;5H,1-3H3;2*1H;/q-1;;-1;;;+2/p-2. The summed E-state index contributed by atoms with van der Waals surface area (Å²) in [6.45, 7) is 8.39. The SMILES string of the molecule is CC(C)(C)[NH-].C[C](=[Zr+2])OCCCO.[Cl-].[Cl-].c1ccc2[cH-]ccc2c1. The number of benzene rings is 1. The van der Waals surface area contributed by atoms with E-state index >= 15 is 0 Å². The summed E-state index contributed by atoms with van der Waals surface area (Å²) < 4.78 is 6.13. The molecule has 0 unspecified atom stereocenters. The van der Waals surface area contributed by atoms with Crippen LogP contribution in [0.3, 0.4) is 0 Å². The summed E-state index contributed by atoms with van der Waals surface area (Å²) in [5, 5.41) is 11.0. The molecule has 0 atom stereocenters. The van der Waals surface area contributed by atoms with Gasteiger partial charge in [-0.3, -0.25) is 0 Å². The zero-order valence-corrected chi connectivity index (χ0v) is 18.7. The van der Waals surface area contributed by atoms with E-state index in [1.165, 1.54) is 35.0 Å². The van der Waals surface area contributed by atoms with Gasteiger partial charge in [-0.25, -0.2) is 0 Å². The van der Waals surface area contributed by atoms with Crippen LogP contribution < -0.4 is 24.8 Å². The number of nitrogens with one attached hydrogen (secondary N) is 1. The average molecular weight is 452 g/mol. The van der Waals surface area contributed by atoms with Crippen LogP contribution in [0.15, 0.2) is 42.5 Å². The minimum absolute atomic E-state index is 0. The van der Waals surface area contributed by atoms with Gasteiger partial charge in [0.2, 0.25) is 0 Å². The van der Waals surface area contributed by atoms with Crippen molar-refractivity contribution in [2.24, 2.45) is 0 Å². The molecule has 0 fully saturated rings. The Bertz CT molecular complexity index is 503. The topological polar surface area (TPSA) is 53.3 Å². The van der Waals surface area contributed by atoms with Gasteiger partial charge in [-0.15, -0.1) is 35.2 Å². The van der Waals surface area contributed by atoms with Crippen molar-refractivity contribution in [3.8, 4) is 0 Å². The molecule has 0 aromatic heterocycles. The minimum atomic E-state index is -0.250. The quantitative estimate of drug-likeness (QED) is 0.454. The third-order valence-electron chi connectivity index (χ3n) is 2.17. The summed E-state index contributed by atoms with van der Waals surface area (Å²) in [4.78, 5) is 0. The fourth-order valence-electron chi connectivity index (χ4n) is 1.36. The van der Waals surface area contributed by atoms with Gasteiger partial charge in [0.25, 0.3) is 0 Å². The first-order chi connectivity index (χ1) is 10.2. The average Bonchev–Trinajstić information content (AvgIpc) is 2.85. The smallest absolute Gasteiger partial charge is 0.0809 e. The molecule has 0 bridgehead atoms. The molecule has 0 aliphatic carbocycles. The van der Waals surface area contributed by atoms with Crippen LogP contribution in [-0.2, 0) is 29.0 Å². The Balaban J connectivity index is -0.000000276. The number of hydrogen-bond donors (Lipinski definition) is 1. The second-order valence-electron chi connectivity index (χ2n) is 5.89. The molecule has 24 heavy (non-hydrogen) atoms. The molecule has 0 saturated heterocycles. The molecule has 3 nitrogen and oxygen atoms in total. The Hall–Kier alpha value is 0.0431. The van der Waals surface area contributed by atoms with Crippen molar-refractivity contribution in [3.63, 3.8) is 0 Å². The monoisotopic (exact) mass is 449 g/mol. The van der Waals surface area contributed by atoms with E-state index < -0.39 is 0 Å². The normalized spacial score (nSPS) is 9.50. The zero-order chi connectivity index (χ0) is 17.0. The van der Waals surface area contributed by atoms with Gasteiger partial charge in [0.15, 0.2) is 0 Å². The molecule has 0 aliphatic rings. The molecule has 2 aromatic rings. The third-order valence-corrected chi connectivity index (χ3v) is 2.52. The van der Waals surface area contributed by atoms with Crippen molar-refractivity contribution < 1.29 is 58.9 Å². The van der Waals surface area contributed by atoms with E-state index in [1.807, 2.05) is 27.7 Å².